The molecule has 2 aromatic rings. The molecule has 0 saturated heterocycles. The fraction of sp³-hybridized carbons (Fsp3) is 0.200. The first-order valence-corrected chi connectivity index (χ1v) is 13.4. The summed E-state index contributed by atoms with van der Waals surface area (Å²) >= 11 is 0. The van der Waals surface area contributed by atoms with Crippen LogP contribution in [0, 0.1) is 0 Å². The van der Waals surface area contributed by atoms with Crippen molar-refractivity contribution >= 4 is 16.6 Å². The van der Waals surface area contributed by atoms with Crippen LogP contribution < -0.4 is 0 Å². The van der Waals surface area contributed by atoms with Crippen LogP contribution in [-0.4, -0.2) is 16.6 Å². The summed E-state index contributed by atoms with van der Waals surface area (Å²) in [6.45, 7) is 12.7. The molecule has 0 unspecified atom stereocenters. The molecule has 0 bridgehead atoms. The molecule has 0 N–H and O–H groups in total. The average molecular weight is 339 g/mol. The highest BCUT2D eigenvalue weighted by molar-refractivity contribution is 6.91. The van der Waals surface area contributed by atoms with E-state index in [0.717, 1.165) is 12.1 Å². The predicted molar refractivity (Wildman–Crippen MR) is 105 cm³/mol. The highest BCUT2D eigenvalue weighted by Crippen LogP contribution is 2.23. The molecule has 3 heteroatoms. The van der Waals surface area contributed by atoms with E-state index < -0.39 is 16.6 Å². The second-order valence-corrected chi connectivity index (χ2v) is 14.3. The van der Waals surface area contributed by atoms with Gasteiger partial charge in [-0.1, -0.05) is 72.1 Å². The van der Waals surface area contributed by atoms with Crippen molar-refractivity contribution in [2.24, 2.45) is 0 Å². The van der Waals surface area contributed by atoms with Crippen molar-refractivity contribution in [1.29, 1.82) is 0 Å². The number of hydrogen-bond acceptors (Lipinski definition) is 1. The van der Waals surface area contributed by atoms with Gasteiger partial charge in [0, 0.05) is 0 Å². The Morgan fingerprint density at radius 1 is 0.783 bits per heavy atom. The van der Waals surface area contributed by atoms with Gasteiger partial charge >= 0.3 is 0 Å². The molecule has 0 saturated carbocycles. The van der Waals surface area contributed by atoms with Crippen LogP contribution in [0.25, 0.3) is 0 Å². The lowest BCUT2D eigenvalue weighted by Crippen LogP contribution is -2.49. The topological polar surface area (TPSA) is 9.23 Å². The molecule has 0 atom stereocenters. The van der Waals surface area contributed by atoms with Gasteiger partial charge in [-0.15, -0.1) is 13.2 Å². The maximum Gasteiger partial charge on any atom is 0.233 e. The van der Waals surface area contributed by atoms with Crippen molar-refractivity contribution in [3.05, 3.63) is 96.3 Å². The second kappa shape index (κ2) is 7.73. The number of rotatable bonds is 8. The molecule has 23 heavy (non-hydrogen) atoms. The predicted octanol–water partition coefficient (Wildman–Crippen LogP) is 5.17. The van der Waals surface area contributed by atoms with Gasteiger partial charge in [0.25, 0.3) is 0 Å². The third kappa shape index (κ3) is 5.17. The molecule has 0 aliphatic carbocycles. The Bertz CT molecular complexity index is 627. The van der Waals surface area contributed by atoms with E-state index in [2.05, 4.69) is 80.8 Å². The minimum absolute atomic E-state index is 0.909. The minimum atomic E-state index is -2.18. The molecule has 0 fully saturated rings. The first-order valence-electron chi connectivity index (χ1n) is 8.04. The summed E-state index contributed by atoms with van der Waals surface area (Å²) in [5, 5.41) is 0. The quantitative estimate of drug-likeness (QED) is 0.604. The van der Waals surface area contributed by atoms with Crippen LogP contribution in [0.15, 0.2) is 85.2 Å². The maximum absolute atomic E-state index is 6.77. The summed E-state index contributed by atoms with van der Waals surface area (Å²) in [6, 6.07) is 23.0. The number of hydrogen-bond donors (Lipinski definition) is 0. The van der Waals surface area contributed by atoms with Gasteiger partial charge in [-0.3, -0.25) is 0 Å². The molecule has 0 radical (unpaired) electrons. The summed E-state index contributed by atoms with van der Waals surface area (Å²) in [6.07, 6.45) is 0. The zero-order chi connectivity index (χ0) is 16.8. The van der Waals surface area contributed by atoms with E-state index >= 15 is 0 Å². The highest BCUT2D eigenvalue weighted by Gasteiger charge is 2.36. The maximum atomic E-state index is 6.77. The van der Waals surface area contributed by atoms with Gasteiger partial charge in [-0.2, -0.15) is 0 Å². The van der Waals surface area contributed by atoms with E-state index in [-0.39, 0.29) is 0 Å². The Hall–Kier alpha value is -1.69. The van der Waals surface area contributed by atoms with Crippen molar-refractivity contribution in [1.82, 2.24) is 0 Å². The normalized spacial score (nSPS) is 11.9. The molecule has 0 amide bonds. The molecule has 2 rings (SSSR count). The standard InChI is InChI=1S/C20H26OSi2/c1-5-23(6-2,18-20-15-11-8-12-16-20)21-22(3,4)17-19-13-9-7-10-14-19/h5-16H,1-2,17-18H2,3-4H3. The van der Waals surface area contributed by atoms with Crippen LogP contribution in [-0.2, 0) is 16.2 Å². The van der Waals surface area contributed by atoms with Crippen molar-refractivity contribution in [2.75, 3.05) is 0 Å². The SMILES string of the molecule is C=C[Si](C=C)(Cc1ccccc1)O[Si](C)(C)Cc1ccccc1. The molecular weight excluding hydrogens is 312 g/mol. The molecular formula is C20H26OSi2. The van der Waals surface area contributed by atoms with Gasteiger partial charge in [0.1, 0.15) is 0 Å². The lowest BCUT2D eigenvalue weighted by Gasteiger charge is -2.35. The molecule has 0 spiro atoms. The van der Waals surface area contributed by atoms with Crippen molar-refractivity contribution < 1.29 is 4.12 Å². The molecule has 0 heterocycles. The average Bonchev–Trinajstić information content (AvgIpc) is 2.55. The van der Waals surface area contributed by atoms with E-state index in [4.69, 9.17) is 4.12 Å². The zero-order valence-corrected chi connectivity index (χ0v) is 16.2. The number of benzene rings is 2. The lowest BCUT2D eigenvalue weighted by atomic mass is 10.2. The fourth-order valence-corrected chi connectivity index (χ4v) is 10.8. The third-order valence-electron chi connectivity index (χ3n) is 3.95. The van der Waals surface area contributed by atoms with Crippen LogP contribution in [0.5, 0.6) is 0 Å². The first kappa shape index (κ1) is 17.7. The van der Waals surface area contributed by atoms with E-state index in [0.29, 0.717) is 0 Å². The molecule has 0 aliphatic rings. The van der Waals surface area contributed by atoms with Crippen LogP contribution in [0.3, 0.4) is 0 Å². The molecule has 120 valence electrons. The summed E-state index contributed by atoms with van der Waals surface area (Å²) in [5.74, 6) is 0. The molecule has 0 aliphatic heterocycles. The summed E-state index contributed by atoms with van der Waals surface area (Å²) in [5.41, 5.74) is 6.71. The largest absolute Gasteiger partial charge is 0.449 e. The Labute approximate surface area is 142 Å². The summed E-state index contributed by atoms with van der Waals surface area (Å²) in [7, 11) is -4.04. The van der Waals surface area contributed by atoms with Gasteiger partial charge in [0.2, 0.25) is 8.32 Å². The van der Waals surface area contributed by atoms with Crippen LogP contribution in [0.1, 0.15) is 11.1 Å². The monoisotopic (exact) mass is 338 g/mol. The van der Waals surface area contributed by atoms with Gasteiger partial charge in [0.05, 0.1) is 0 Å². The molecule has 0 aromatic heterocycles. The Balaban J connectivity index is 2.17. The highest BCUT2D eigenvalue weighted by atomic mass is 28.4. The lowest BCUT2D eigenvalue weighted by molar-refractivity contribution is 0.549. The van der Waals surface area contributed by atoms with E-state index in [1.165, 1.54) is 11.1 Å². The van der Waals surface area contributed by atoms with Crippen molar-refractivity contribution in [2.45, 2.75) is 25.2 Å². The summed E-state index contributed by atoms with van der Waals surface area (Å²) < 4.78 is 6.77. The zero-order valence-electron chi connectivity index (χ0n) is 14.2. The second-order valence-electron chi connectivity index (χ2n) is 6.55. The summed E-state index contributed by atoms with van der Waals surface area (Å²) in [4.78, 5) is 0. The van der Waals surface area contributed by atoms with Crippen LogP contribution >= 0.6 is 0 Å². The van der Waals surface area contributed by atoms with Crippen molar-refractivity contribution in [3.63, 3.8) is 0 Å². The van der Waals surface area contributed by atoms with Gasteiger partial charge in [-0.25, -0.2) is 0 Å². The van der Waals surface area contributed by atoms with Crippen LogP contribution in [0.4, 0.5) is 0 Å². The minimum Gasteiger partial charge on any atom is -0.449 e. The smallest absolute Gasteiger partial charge is 0.233 e. The van der Waals surface area contributed by atoms with E-state index in [1.54, 1.807) is 0 Å². The van der Waals surface area contributed by atoms with Gasteiger partial charge < -0.3 is 4.12 Å². The third-order valence-corrected chi connectivity index (χ3v) is 11.3. The first-order chi connectivity index (χ1) is 11.0. The Kier molecular flexibility index (Phi) is 5.94. The van der Waals surface area contributed by atoms with E-state index in [9.17, 15) is 0 Å². The fourth-order valence-electron chi connectivity index (χ4n) is 2.90. The van der Waals surface area contributed by atoms with E-state index in [1.807, 2.05) is 17.5 Å². The Morgan fingerprint density at radius 3 is 1.65 bits per heavy atom. The Morgan fingerprint density at radius 2 is 1.22 bits per heavy atom. The molecule has 2 aromatic carbocycles. The van der Waals surface area contributed by atoms with Crippen LogP contribution in [0.2, 0.25) is 13.1 Å². The van der Waals surface area contributed by atoms with Gasteiger partial charge in [0.15, 0.2) is 8.32 Å². The molecule has 1 nitrogen and oxygen atoms in total. The van der Waals surface area contributed by atoms with Crippen molar-refractivity contribution in [3.8, 4) is 0 Å². The van der Waals surface area contributed by atoms with Gasteiger partial charge in [-0.05, 0) is 36.3 Å².